The van der Waals surface area contributed by atoms with Crippen molar-refractivity contribution in [3.05, 3.63) is 113 Å². The SMILES string of the molecule is CC(CNc1nc(-c2ccncc2)c(-c2cccc3ccccc23)c(=O)n1C)Cc1ccccc1. The topological polar surface area (TPSA) is 59.8 Å². The molecule has 0 aliphatic carbocycles. The Bertz CT molecular complexity index is 1510. The maximum atomic E-state index is 13.8. The van der Waals surface area contributed by atoms with Crippen LogP contribution in [-0.2, 0) is 13.5 Å². The van der Waals surface area contributed by atoms with Crippen LogP contribution in [0.15, 0.2) is 102 Å². The van der Waals surface area contributed by atoms with Gasteiger partial charge in [0.2, 0.25) is 5.95 Å². The fourth-order valence-electron chi connectivity index (χ4n) is 4.52. The first-order valence-corrected chi connectivity index (χ1v) is 11.9. The molecule has 0 saturated heterocycles. The first-order chi connectivity index (χ1) is 17.1. The number of nitrogens with zero attached hydrogens (tertiary/aromatic N) is 3. The zero-order valence-corrected chi connectivity index (χ0v) is 20.0. The van der Waals surface area contributed by atoms with Crippen molar-refractivity contribution in [1.82, 2.24) is 14.5 Å². The van der Waals surface area contributed by atoms with Crippen LogP contribution >= 0.6 is 0 Å². The van der Waals surface area contributed by atoms with E-state index in [2.05, 4.69) is 59.7 Å². The predicted octanol–water partition coefficient (Wildman–Crippen LogP) is 5.95. The van der Waals surface area contributed by atoms with Crippen molar-refractivity contribution in [3.63, 3.8) is 0 Å². The monoisotopic (exact) mass is 460 g/mol. The Morgan fingerprint density at radius 1 is 0.886 bits per heavy atom. The van der Waals surface area contributed by atoms with Crippen molar-refractivity contribution in [2.24, 2.45) is 13.0 Å². The molecule has 5 nitrogen and oxygen atoms in total. The van der Waals surface area contributed by atoms with Gasteiger partial charge in [0.1, 0.15) is 0 Å². The van der Waals surface area contributed by atoms with Crippen molar-refractivity contribution in [2.75, 3.05) is 11.9 Å². The molecular formula is C30H28N4O. The molecule has 1 unspecified atom stereocenters. The van der Waals surface area contributed by atoms with E-state index in [0.29, 0.717) is 29.7 Å². The summed E-state index contributed by atoms with van der Waals surface area (Å²) >= 11 is 0. The predicted molar refractivity (Wildman–Crippen MR) is 143 cm³/mol. The van der Waals surface area contributed by atoms with Gasteiger partial charge in [-0.25, -0.2) is 4.98 Å². The number of hydrogen-bond acceptors (Lipinski definition) is 4. The third-order valence-electron chi connectivity index (χ3n) is 6.34. The molecule has 0 aliphatic heterocycles. The fourth-order valence-corrected chi connectivity index (χ4v) is 4.52. The van der Waals surface area contributed by atoms with E-state index in [4.69, 9.17) is 4.98 Å². The van der Waals surface area contributed by atoms with Crippen molar-refractivity contribution in [1.29, 1.82) is 0 Å². The molecule has 0 spiro atoms. The van der Waals surface area contributed by atoms with Gasteiger partial charge in [-0.1, -0.05) is 79.7 Å². The average molecular weight is 461 g/mol. The first kappa shape index (κ1) is 22.5. The Labute approximate surface area is 205 Å². The number of rotatable bonds is 7. The molecule has 2 heterocycles. The molecule has 0 bridgehead atoms. The summed E-state index contributed by atoms with van der Waals surface area (Å²) in [7, 11) is 1.78. The average Bonchev–Trinajstić information content (AvgIpc) is 2.90. The number of aromatic nitrogens is 3. The van der Waals surface area contributed by atoms with Gasteiger partial charge in [0, 0.05) is 31.5 Å². The summed E-state index contributed by atoms with van der Waals surface area (Å²) in [5.41, 5.74) is 4.21. The zero-order valence-electron chi connectivity index (χ0n) is 20.0. The number of nitrogens with one attached hydrogen (secondary N) is 1. The summed E-state index contributed by atoms with van der Waals surface area (Å²) in [5, 5.41) is 5.55. The maximum Gasteiger partial charge on any atom is 0.263 e. The molecule has 0 saturated carbocycles. The van der Waals surface area contributed by atoms with Gasteiger partial charge in [-0.05, 0) is 46.4 Å². The van der Waals surface area contributed by atoms with E-state index in [-0.39, 0.29) is 5.56 Å². The third-order valence-corrected chi connectivity index (χ3v) is 6.34. The molecule has 174 valence electrons. The highest BCUT2D eigenvalue weighted by Gasteiger charge is 2.20. The molecule has 35 heavy (non-hydrogen) atoms. The van der Waals surface area contributed by atoms with Crippen molar-refractivity contribution in [2.45, 2.75) is 13.3 Å². The van der Waals surface area contributed by atoms with Gasteiger partial charge in [-0.3, -0.25) is 14.3 Å². The maximum absolute atomic E-state index is 13.8. The molecule has 3 aromatic carbocycles. The molecule has 5 rings (SSSR count). The lowest BCUT2D eigenvalue weighted by Gasteiger charge is -2.18. The molecule has 0 fully saturated rings. The first-order valence-electron chi connectivity index (χ1n) is 11.9. The normalized spacial score (nSPS) is 11.9. The van der Waals surface area contributed by atoms with Gasteiger partial charge in [-0.15, -0.1) is 0 Å². The Morgan fingerprint density at radius 3 is 2.40 bits per heavy atom. The Morgan fingerprint density at radius 2 is 1.60 bits per heavy atom. The summed E-state index contributed by atoms with van der Waals surface area (Å²) in [5.74, 6) is 0.933. The second-order valence-corrected chi connectivity index (χ2v) is 8.96. The van der Waals surface area contributed by atoms with E-state index >= 15 is 0 Å². The van der Waals surface area contributed by atoms with Gasteiger partial charge in [0.15, 0.2) is 0 Å². The van der Waals surface area contributed by atoms with Crippen LogP contribution in [0.4, 0.5) is 5.95 Å². The van der Waals surface area contributed by atoms with Crippen LogP contribution in [0.3, 0.4) is 0 Å². The minimum absolute atomic E-state index is 0.0821. The number of anilines is 1. The highest BCUT2D eigenvalue weighted by atomic mass is 16.1. The molecule has 1 atom stereocenters. The second kappa shape index (κ2) is 9.94. The summed E-state index contributed by atoms with van der Waals surface area (Å²) < 4.78 is 1.62. The summed E-state index contributed by atoms with van der Waals surface area (Å²) in [4.78, 5) is 23.0. The van der Waals surface area contributed by atoms with E-state index < -0.39 is 0 Å². The van der Waals surface area contributed by atoms with Gasteiger partial charge in [0.25, 0.3) is 5.56 Å². The van der Waals surface area contributed by atoms with Crippen LogP contribution < -0.4 is 10.9 Å². The smallest absolute Gasteiger partial charge is 0.263 e. The van der Waals surface area contributed by atoms with Gasteiger partial charge in [0.05, 0.1) is 11.3 Å². The van der Waals surface area contributed by atoms with Gasteiger partial charge in [-0.2, -0.15) is 0 Å². The third kappa shape index (κ3) is 4.71. The standard InChI is InChI=1S/C30H28N4O/c1-21(19-22-9-4-3-5-10-22)20-32-30-33-28(24-15-17-31-18-16-24)27(29(35)34(30)2)26-14-8-12-23-11-6-7-13-25(23)26/h3-18,21H,19-20H2,1-2H3,(H,32,33). The highest BCUT2D eigenvalue weighted by Crippen LogP contribution is 2.33. The van der Waals surface area contributed by atoms with E-state index in [9.17, 15) is 4.79 Å². The molecule has 2 aromatic heterocycles. The van der Waals surface area contributed by atoms with Crippen molar-refractivity contribution in [3.8, 4) is 22.4 Å². The molecule has 1 N–H and O–H groups in total. The fraction of sp³-hybridized carbons (Fsp3) is 0.167. The lowest BCUT2D eigenvalue weighted by Crippen LogP contribution is -2.26. The molecule has 5 heteroatoms. The quantitative estimate of drug-likeness (QED) is 0.326. The Hall–Kier alpha value is -4.25. The Balaban J connectivity index is 1.57. The van der Waals surface area contributed by atoms with Crippen LogP contribution in [0.2, 0.25) is 0 Å². The highest BCUT2D eigenvalue weighted by molar-refractivity contribution is 5.99. The van der Waals surface area contributed by atoms with Gasteiger partial charge < -0.3 is 5.32 Å². The molecule has 0 aliphatic rings. The van der Waals surface area contributed by atoms with Crippen LogP contribution in [0, 0.1) is 5.92 Å². The minimum atomic E-state index is -0.0821. The Kier molecular flexibility index (Phi) is 6.40. The second-order valence-electron chi connectivity index (χ2n) is 8.96. The van der Waals surface area contributed by atoms with Crippen molar-refractivity contribution >= 4 is 16.7 Å². The van der Waals surface area contributed by atoms with Crippen LogP contribution in [-0.4, -0.2) is 21.1 Å². The van der Waals surface area contributed by atoms with E-state index in [1.165, 1.54) is 5.56 Å². The largest absolute Gasteiger partial charge is 0.355 e. The number of fused-ring (bicyclic) bond motifs is 1. The summed E-state index contributed by atoms with van der Waals surface area (Å²) in [6.07, 6.45) is 4.42. The summed E-state index contributed by atoms with van der Waals surface area (Å²) in [6.45, 7) is 2.91. The zero-order chi connectivity index (χ0) is 24.2. The van der Waals surface area contributed by atoms with Crippen molar-refractivity contribution < 1.29 is 0 Å². The molecule has 0 radical (unpaired) electrons. The van der Waals surface area contributed by atoms with Gasteiger partial charge >= 0.3 is 0 Å². The lowest BCUT2D eigenvalue weighted by molar-refractivity contribution is 0.606. The number of hydrogen-bond donors (Lipinski definition) is 1. The molecule has 5 aromatic rings. The minimum Gasteiger partial charge on any atom is -0.355 e. The van der Waals surface area contributed by atoms with Crippen LogP contribution in [0.1, 0.15) is 12.5 Å². The molecule has 0 amide bonds. The van der Waals surface area contributed by atoms with Crippen LogP contribution in [0.5, 0.6) is 0 Å². The molecular weight excluding hydrogens is 432 g/mol. The number of benzene rings is 3. The van der Waals surface area contributed by atoms with E-state index in [0.717, 1.165) is 28.3 Å². The van der Waals surface area contributed by atoms with E-state index in [1.807, 2.05) is 42.5 Å². The van der Waals surface area contributed by atoms with Crippen LogP contribution in [0.25, 0.3) is 33.2 Å². The number of pyridine rings is 1. The lowest BCUT2D eigenvalue weighted by atomic mass is 9.95. The summed E-state index contributed by atoms with van der Waals surface area (Å²) in [6, 6.07) is 28.4. The van der Waals surface area contributed by atoms with E-state index in [1.54, 1.807) is 24.0 Å².